The summed E-state index contributed by atoms with van der Waals surface area (Å²) < 4.78 is 10.2. The quantitative estimate of drug-likeness (QED) is 0.686. The average Bonchev–Trinajstić information content (AvgIpc) is 2.61. The van der Waals surface area contributed by atoms with Crippen LogP contribution in [0.3, 0.4) is 0 Å². The van der Waals surface area contributed by atoms with Crippen LogP contribution in [-0.2, 0) is 9.53 Å². The van der Waals surface area contributed by atoms with E-state index < -0.39 is 24.0 Å². The first kappa shape index (κ1) is 18.8. The summed E-state index contributed by atoms with van der Waals surface area (Å²) in [6.45, 7) is 1.46. The number of carbonyl (C=O) groups is 3. The van der Waals surface area contributed by atoms with Gasteiger partial charge in [-0.15, -0.1) is 0 Å². The average molecular weight is 357 g/mol. The number of rotatable bonds is 6. The van der Waals surface area contributed by atoms with E-state index in [0.29, 0.717) is 17.1 Å². The van der Waals surface area contributed by atoms with Crippen molar-refractivity contribution in [2.45, 2.75) is 13.0 Å². The monoisotopic (exact) mass is 357 g/mol. The van der Waals surface area contributed by atoms with Gasteiger partial charge in [0.15, 0.2) is 6.10 Å². The van der Waals surface area contributed by atoms with Gasteiger partial charge in [0.25, 0.3) is 5.91 Å². The summed E-state index contributed by atoms with van der Waals surface area (Å²) in [6.07, 6.45) is -1.03. The number of carbonyl (C=O) groups excluding carboxylic acids is 3. The minimum Gasteiger partial charge on any atom is -0.497 e. The number of hydrogen-bond acceptors (Lipinski definition) is 5. The van der Waals surface area contributed by atoms with Crippen molar-refractivity contribution in [2.24, 2.45) is 5.73 Å². The first-order valence-electron chi connectivity index (χ1n) is 7.71. The highest BCUT2D eigenvalue weighted by atomic mass is 16.5. The number of hydrogen-bond donors (Lipinski definition) is 3. The Hall–Kier alpha value is -3.55. The Kier molecular flexibility index (Phi) is 6.15. The molecule has 2 aromatic carbocycles. The third-order valence-corrected chi connectivity index (χ3v) is 3.36. The second-order valence-corrected chi connectivity index (χ2v) is 5.34. The maximum absolute atomic E-state index is 12.2. The van der Waals surface area contributed by atoms with Gasteiger partial charge < -0.3 is 25.8 Å². The number of methoxy groups -OCH3 is 1. The summed E-state index contributed by atoms with van der Waals surface area (Å²) in [4.78, 5) is 35.2. The van der Waals surface area contributed by atoms with Crippen molar-refractivity contribution in [3.05, 3.63) is 54.1 Å². The number of amides is 3. The zero-order chi connectivity index (χ0) is 19.1. The van der Waals surface area contributed by atoms with Crippen molar-refractivity contribution in [2.75, 3.05) is 17.7 Å². The molecule has 2 aromatic rings. The summed E-state index contributed by atoms with van der Waals surface area (Å²) in [7, 11) is 1.52. The predicted molar refractivity (Wildman–Crippen MR) is 96.1 cm³/mol. The topological polar surface area (TPSA) is 120 Å². The molecular weight excluding hydrogens is 338 g/mol. The van der Waals surface area contributed by atoms with Gasteiger partial charge in [-0.25, -0.2) is 9.59 Å². The van der Waals surface area contributed by atoms with Gasteiger partial charge in [0, 0.05) is 17.4 Å². The fourth-order valence-corrected chi connectivity index (χ4v) is 2.09. The van der Waals surface area contributed by atoms with Crippen LogP contribution in [0.15, 0.2) is 48.5 Å². The summed E-state index contributed by atoms with van der Waals surface area (Å²) in [6, 6.07) is 12.1. The summed E-state index contributed by atoms with van der Waals surface area (Å²) >= 11 is 0. The molecule has 8 nitrogen and oxygen atoms in total. The van der Waals surface area contributed by atoms with E-state index in [-0.39, 0.29) is 5.56 Å². The number of primary amides is 1. The normalized spacial score (nSPS) is 11.2. The van der Waals surface area contributed by atoms with Crippen molar-refractivity contribution in [1.29, 1.82) is 0 Å². The lowest BCUT2D eigenvalue weighted by Gasteiger charge is -2.14. The van der Waals surface area contributed by atoms with Gasteiger partial charge in [-0.3, -0.25) is 4.79 Å². The molecule has 0 saturated heterocycles. The van der Waals surface area contributed by atoms with Crippen molar-refractivity contribution in [3.8, 4) is 5.75 Å². The minimum atomic E-state index is -1.03. The molecule has 26 heavy (non-hydrogen) atoms. The van der Waals surface area contributed by atoms with Crippen molar-refractivity contribution in [3.63, 3.8) is 0 Å². The number of benzene rings is 2. The molecule has 0 saturated carbocycles. The summed E-state index contributed by atoms with van der Waals surface area (Å²) in [5.74, 6) is -0.601. The van der Waals surface area contributed by atoms with Crippen molar-refractivity contribution in [1.82, 2.24) is 0 Å². The van der Waals surface area contributed by atoms with Gasteiger partial charge >= 0.3 is 12.0 Å². The fraction of sp³-hybridized carbons (Fsp3) is 0.167. The van der Waals surface area contributed by atoms with Gasteiger partial charge in [0.05, 0.1) is 12.7 Å². The molecule has 4 N–H and O–H groups in total. The summed E-state index contributed by atoms with van der Waals surface area (Å²) in [5, 5.41) is 5.00. The molecule has 0 fully saturated rings. The first-order chi connectivity index (χ1) is 12.4. The zero-order valence-electron chi connectivity index (χ0n) is 14.3. The highest BCUT2D eigenvalue weighted by Gasteiger charge is 2.19. The maximum Gasteiger partial charge on any atom is 0.338 e. The van der Waals surface area contributed by atoms with E-state index in [9.17, 15) is 14.4 Å². The Morgan fingerprint density at radius 2 is 1.65 bits per heavy atom. The van der Waals surface area contributed by atoms with Gasteiger partial charge in [-0.05, 0) is 37.3 Å². The molecule has 0 aliphatic rings. The lowest BCUT2D eigenvalue weighted by Crippen LogP contribution is -2.30. The van der Waals surface area contributed by atoms with E-state index in [1.54, 1.807) is 36.4 Å². The van der Waals surface area contributed by atoms with Crippen LogP contribution in [0.25, 0.3) is 0 Å². The SMILES string of the molecule is COc1cccc(NC(=O)[C@H](C)OC(=O)c2cccc(NC(N)=O)c2)c1. The molecule has 0 heterocycles. The number of urea groups is 1. The minimum absolute atomic E-state index is 0.178. The molecule has 0 unspecified atom stereocenters. The van der Waals surface area contributed by atoms with Crippen molar-refractivity contribution < 1.29 is 23.9 Å². The van der Waals surface area contributed by atoms with Crippen LogP contribution in [0, 0.1) is 0 Å². The first-order valence-corrected chi connectivity index (χ1v) is 7.71. The summed E-state index contributed by atoms with van der Waals surface area (Å²) in [5.41, 5.74) is 6.08. The van der Waals surface area contributed by atoms with E-state index >= 15 is 0 Å². The Morgan fingerprint density at radius 1 is 1.00 bits per heavy atom. The second kappa shape index (κ2) is 8.52. The smallest absolute Gasteiger partial charge is 0.338 e. The molecule has 0 aliphatic carbocycles. The highest BCUT2D eigenvalue weighted by Crippen LogP contribution is 2.17. The number of esters is 1. The largest absolute Gasteiger partial charge is 0.497 e. The van der Waals surface area contributed by atoms with E-state index in [1.165, 1.54) is 26.2 Å². The van der Waals surface area contributed by atoms with Gasteiger partial charge in [0.2, 0.25) is 0 Å². The number of anilines is 2. The molecule has 3 amide bonds. The van der Waals surface area contributed by atoms with E-state index in [2.05, 4.69) is 10.6 Å². The van der Waals surface area contributed by atoms with Crippen molar-refractivity contribution >= 4 is 29.3 Å². The third kappa shape index (κ3) is 5.23. The number of nitrogens with two attached hydrogens (primary N) is 1. The molecule has 136 valence electrons. The molecule has 0 aromatic heterocycles. The van der Waals surface area contributed by atoms with Crippen LogP contribution in [0.5, 0.6) is 5.75 Å². The molecule has 2 rings (SSSR count). The van der Waals surface area contributed by atoms with Crippen LogP contribution in [0.2, 0.25) is 0 Å². The van der Waals surface area contributed by atoms with Gasteiger partial charge in [0.1, 0.15) is 5.75 Å². The Bertz CT molecular complexity index is 822. The van der Waals surface area contributed by atoms with Gasteiger partial charge in [-0.1, -0.05) is 12.1 Å². The predicted octanol–water partition coefficient (Wildman–Crippen LogP) is 2.37. The number of ether oxygens (including phenoxy) is 2. The van der Waals surface area contributed by atoms with Crippen LogP contribution in [-0.4, -0.2) is 31.1 Å². The highest BCUT2D eigenvalue weighted by molar-refractivity contribution is 5.98. The number of nitrogens with one attached hydrogen (secondary N) is 2. The third-order valence-electron chi connectivity index (χ3n) is 3.36. The molecule has 0 aliphatic heterocycles. The van der Waals surface area contributed by atoms with Crippen LogP contribution in [0.4, 0.5) is 16.2 Å². The molecule has 0 spiro atoms. The Labute approximate surface area is 150 Å². The second-order valence-electron chi connectivity index (χ2n) is 5.34. The molecule has 8 heteroatoms. The molecule has 1 atom stereocenters. The zero-order valence-corrected chi connectivity index (χ0v) is 14.3. The molecular formula is C18H19N3O5. The van der Waals surface area contributed by atoms with E-state index in [0.717, 1.165) is 0 Å². The van der Waals surface area contributed by atoms with E-state index in [4.69, 9.17) is 15.2 Å². The Balaban J connectivity index is 1.99. The van der Waals surface area contributed by atoms with Crippen LogP contribution in [0.1, 0.15) is 17.3 Å². The lowest BCUT2D eigenvalue weighted by atomic mass is 10.2. The van der Waals surface area contributed by atoms with Gasteiger partial charge in [-0.2, -0.15) is 0 Å². The fourth-order valence-electron chi connectivity index (χ4n) is 2.09. The standard InChI is InChI=1S/C18H19N3O5/c1-11(16(22)20-14-7-4-8-15(10-14)25-2)26-17(23)12-5-3-6-13(9-12)21-18(19)24/h3-11H,1-2H3,(H,20,22)(H3,19,21,24)/t11-/m0/s1. The van der Waals surface area contributed by atoms with Crippen LogP contribution >= 0.6 is 0 Å². The molecule has 0 bridgehead atoms. The lowest BCUT2D eigenvalue weighted by molar-refractivity contribution is -0.123. The maximum atomic E-state index is 12.2. The van der Waals surface area contributed by atoms with Crippen LogP contribution < -0.4 is 21.1 Å². The molecule has 0 radical (unpaired) electrons. The Morgan fingerprint density at radius 3 is 2.31 bits per heavy atom. The van der Waals surface area contributed by atoms with E-state index in [1.807, 2.05) is 0 Å².